The summed E-state index contributed by atoms with van der Waals surface area (Å²) >= 11 is 7.75. The van der Waals surface area contributed by atoms with Crippen LogP contribution in [0.25, 0.3) is 0 Å². The van der Waals surface area contributed by atoms with Crippen molar-refractivity contribution in [1.29, 1.82) is 0 Å². The van der Waals surface area contributed by atoms with Gasteiger partial charge in [0.05, 0.1) is 6.04 Å². The Bertz CT molecular complexity index is 1070. The molecule has 2 heterocycles. The van der Waals surface area contributed by atoms with Gasteiger partial charge in [-0.15, -0.1) is 11.3 Å². The van der Waals surface area contributed by atoms with E-state index in [1.807, 2.05) is 48.2 Å². The molecule has 160 valence electrons. The second kappa shape index (κ2) is 9.67. The maximum absolute atomic E-state index is 13.4. The van der Waals surface area contributed by atoms with Crippen molar-refractivity contribution in [1.82, 2.24) is 10.2 Å². The van der Waals surface area contributed by atoms with Gasteiger partial charge in [0.25, 0.3) is 0 Å². The maximum atomic E-state index is 13.4. The Labute approximate surface area is 191 Å². The van der Waals surface area contributed by atoms with Gasteiger partial charge in [-0.25, -0.2) is 0 Å². The van der Waals surface area contributed by atoms with Crippen molar-refractivity contribution >= 4 is 34.8 Å². The number of hydrogen-bond donors (Lipinski definition) is 1. The van der Waals surface area contributed by atoms with Crippen molar-refractivity contribution in [3.63, 3.8) is 0 Å². The molecule has 0 fully saturated rings. The predicted molar refractivity (Wildman–Crippen MR) is 125 cm³/mol. The molecule has 31 heavy (non-hydrogen) atoms. The zero-order valence-electron chi connectivity index (χ0n) is 17.4. The van der Waals surface area contributed by atoms with Crippen molar-refractivity contribution in [3.8, 4) is 0 Å². The maximum Gasteiger partial charge on any atom is 0.226 e. The van der Waals surface area contributed by atoms with Gasteiger partial charge in [-0.1, -0.05) is 61.0 Å². The Morgan fingerprint density at radius 2 is 1.97 bits per heavy atom. The number of amides is 2. The van der Waals surface area contributed by atoms with Gasteiger partial charge >= 0.3 is 0 Å². The molecule has 0 radical (unpaired) electrons. The summed E-state index contributed by atoms with van der Waals surface area (Å²) in [6, 6.07) is 19.6. The van der Waals surface area contributed by atoms with E-state index in [1.165, 1.54) is 10.4 Å². The Morgan fingerprint density at radius 1 is 1.16 bits per heavy atom. The standard InChI is InChI=1S/C25H25ClN2O2S/c1-17(14-23(29)27-16-18-6-5-9-20(26)15-18)25(30)28-12-10-22-21(11-13-31-22)24(28)19-7-3-2-4-8-19/h2-9,11,13,15,17,24H,10,12,14,16H2,1H3,(H,27,29). The molecule has 0 saturated heterocycles. The number of thiophene rings is 1. The fourth-order valence-corrected chi connectivity index (χ4v) is 5.23. The number of rotatable bonds is 6. The normalized spacial score (nSPS) is 16.5. The van der Waals surface area contributed by atoms with E-state index >= 15 is 0 Å². The third-order valence-corrected chi connectivity index (χ3v) is 6.89. The van der Waals surface area contributed by atoms with Gasteiger partial charge in [0.1, 0.15) is 0 Å². The molecule has 2 unspecified atom stereocenters. The molecule has 0 spiro atoms. The number of carbonyl (C=O) groups excluding carboxylic acids is 2. The zero-order chi connectivity index (χ0) is 21.8. The van der Waals surface area contributed by atoms with E-state index < -0.39 is 5.92 Å². The van der Waals surface area contributed by atoms with E-state index in [1.54, 1.807) is 17.4 Å². The molecule has 0 bridgehead atoms. The van der Waals surface area contributed by atoms with Crippen molar-refractivity contribution in [3.05, 3.63) is 92.6 Å². The molecular weight excluding hydrogens is 428 g/mol. The zero-order valence-corrected chi connectivity index (χ0v) is 19.0. The Morgan fingerprint density at radius 3 is 2.74 bits per heavy atom. The molecule has 6 heteroatoms. The average Bonchev–Trinajstić information content (AvgIpc) is 3.26. The molecule has 2 amide bonds. The molecule has 2 aromatic carbocycles. The third-order valence-electron chi connectivity index (χ3n) is 5.66. The molecule has 0 aliphatic carbocycles. The number of carbonyl (C=O) groups is 2. The summed E-state index contributed by atoms with van der Waals surface area (Å²) in [6.45, 7) is 2.90. The fraction of sp³-hybridized carbons (Fsp3) is 0.280. The lowest BCUT2D eigenvalue weighted by atomic mass is 9.91. The van der Waals surface area contributed by atoms with Crippen LogP contribution < -0.4 is 5.32 Å². The van der Waals surface area contributed by atoms with Crippen LogP contribution in [0.5, 0.6) is 0 Å². The minimum atomic E-state index is -0.397. The predicted octanol–water partition coefficient (Wildman–Crippen LogP) is 5.22. The molecule has 2 atom stereocenters. The summed E-state index contributed by atoms with van der Waals surface area (Å²) in [5.74, 6) is -0.514. The Hall–Kier alpha value is -2.63. The number of nitrogens with one attached hydrogen (secondary N) is 1. The fourth-order valence-electron chi connectivity index (χ4n) is 4.12. The molecular formula is C25H25ClN2O2S. The van der Waals surface area contributed by atoms with E-state index in [-0.39, 0.29) is 24.3 Å². The third kappa shape index (κ3) is 5.00. The van der Waals surface area contributed by atoms with Gasteiger partial charge < -0.3 is 10.2 Å². The topological polar surface area (TPSA) is 49.4 Å². The lowest BCUT2D eigenvalue weighted by molar-refractivity contribution is -0.139. The van der Waals surface area contributed by atoms with Crippen LogP contribution in [-0.2, 0) is 22.6 Å². The van der Waals surface area contributed by atoms with E-state index in [0.717, 1.165) is 17.5 Å². The summed E-state index contributed by atoms with van der Waals surface area (Å²) in [4.78, 5) is 29.2. The van der Waals surface area contributed by atoms with E-state index in [0.29, 0.717) is 18.1 Å². The molecule has 1 N–H and O–H groups in total. The first-order valence-corrected chi connectivity index (χ1v) is 11.7. The number of fused-ring (bicyclic) bond motifs is 1. The van der Waals surface area contributed by atoms with Gasteiger partial charge in [-0.2, -0.15) is 0 Å². The smallest absolute Gasteiger partial charge is 0.226 e. The highest BCUT2D eigenvalue weighted by molar-refractivity contribution is 7.10. The minimum absolute atomic E-state index is 0.0172. The first kappa shape index (κ1) is 21.6. The van der Waals surface area contributed by atoms with Gasteiger partial charge in [0, 0.05) is 35.3 Å². The second-order valence-electron chi connectivity index (χ2n) is 7.91. The van der Waals surface area contributed by atoms with Crippen LogP contribution in [0.2, 0.25) is 5.02 Å². The quantitative estimate of drug-likeness (QED) is 0.557. The molecule has 4 rings (SSSR count). The molecule has 4 nitrogen and oxygen atoms in total. The summed E-state index contributed by atoms with van der Waals surface area (Å²) in [7, 11) is 0. The van der Waals surface area contributed by atoms with Crippen LogP contribution in [0.1, 0.15) is 41.0 Å². The number of benzene rings is 2. The first-order chi connectivity index (χ1) is 15.0. The van der Waals surface area contributed by atoms with Crippen LogP contribution >= 0.6 is 22.9 Å². The first-order valence-electron chi connectivity index (χ1n) is 10.5. The summed E-state index contributed by atoms with van der Waals surface area (Å²) in [6.07, 6.45) is 1.02. The minimum Gasteiger partial charge on any atom is -0.352 e. The lowest BCUT2D eigenvalue weighted by Gasteiger charge is -2.37. The summed E-state index contributed by atoms with van der Waals surface area (Å²) in [5.41, 5.74) is 3.24. The van der Waals surface area contributed by atoms with Crippen LogP contribution in [0.15, 0.2) is 66.0 Å². The highest BCUT2D eigenvalue weighted by Crippen LogP contribution is 2.38. The van der Waals surface area contributed by atoms with Crippen LogP contribution in [-0.4, -0.2) is 23.3 Å². The SMILES string of the molecule is CC(CC(=O)NCc1cccc(Cl)c1)C(=O)N1CCc2sccc2C1c1ccccc1. The van der Waals surface area contributed by atoms with Crippen LogP contribution in [0.4, 0.5) is 0 Å². The van der Waals surface area contributed by atoms with E-state index in [4.69, 9.17) is 11.6 Å². The van der Waals surface area contributed by atoms with Crippen LogP contribution in [0, 0.1) is 5.92 Å². The van der Waals surface area contributed by atoms with Gasteiger partial charge in [0.15, 0.2) is 0 Å². The number of hydrogen-bond acceptors (Lipinski definition) is 3. The van der Waals surface area contributed by atoms with E-state index in [9.17, 15) is 9.59 Å². The number of halogens is 1. The second-order valence-corrected chi connectivity index (χ2v) is 9.34. The lowest BCUT2D eigenvalue weighted by Crippen LogP contribution is -2.43. The van der Waals surface area contributed by atoms with Crippen molar-refractivity contribution in [2.45, 2.75) is 32.4 Å². The molecule has 1 aliphatic heterocycles. The average molecular weight is 453 g/mol. The highest BCUT2D eigenvalue weighted by Gasteiger charge is 2.35. The van der Waals surface area contributed by atoms with Gasteiger partial charge in [-0.05, 0) is 46.7 Å². The molecule has 1 aliphatic rings. The largest absolute Gasteiger partial charge is 0.352 e. The number of nitrogens with zero attached hydrogens (tertiary/aromatic N) is 1. The summed E-state index contributed by atoms with van der Waals surface area (Å²) in [5, 5.41) is 5.64. The van der Waals surface area contributed by atoms with Gasteiger partial charge in [-0.3, -0.25) is 9.59 Å². The monoisotopic (exact) mass is 452 g/mol. The Kier molecular flexibility index (Phi) is 6.73. The molecule has 0 saturated carbocycles. The van der Waals surface area contributed by atoms with Crippen molar-refractivity contribution < 1.29 is 9.59 Å². The highest BCUT2D eigenvalue weighted by atomic mass is 35.5. The molecule has 1 aromatic heterocycles. The van der Waals surface area contributed by atoms with Crippen molar-refractivity contribution in [2.75, 3.05) is 6.54 Å². The molecule has 3 aromatic rings. The van der Waals surface area contributed by atoms with E-state index in [2.05, 4.69) is 28.9 Å². The Balaban J connectivity index is 1.44. The summed E-state index contributed by atoms with van der Waals surface area (Å²) < 4.78 is 0. The van der Waals surface area contributed by atoms with Gasteiger partial charge in [0.2, 0.25) is 11.8 Å². The van der Waals surface area contributed by atoms with Crippen LogP contribution in [0.3, 0.4) is 0 Å². The van der Waals surface area contributed by atoms with Crippen molar-refractivity contribution in [2.24, 2.45) is 5.92 Å².